The molecular weight excluding hydrogens is 324 g/mol. The molecule has 4 rings (SSSR count). The number of oxazole rings is 1. The van der Waals surface area contributed by atoms with Crippen LogP contribution in [0.5, 0.6) is 0 Å². The first-order valence-electron chi connectivity index (χ1n) is 8.68. The zero-order valence-electron chi connectivity index (χ0n) is 13.6. The van der Waals surface area contributed by atoms with Gasteiger partial charge in [-0.2, -0.15) is 0 Å². The minimum Gasteiger partial charge on any atom is -0.442 e. The summed E-state index contributed by atoms with van der Waals surface area (Å²) in [6.07, 6.45) is 9.10. The zero-order valence-corrected chi connectivity index (χ0v) is 14.4. The molecule has 1 aliphatic heterocycles. The minimum atomic E-state index is -0.148. The Morgan fingerprint density at radius 1 is 1.33 bits per heavy atom. The molecule has 1 amide bonds. The number of thiophene rings is 1. The molecule has 1 aliphatic carbocycles. The van der Waals surface area contributed by atoms with E-state index >= 15 is 0 Å². The Balaban J connectivity index is 1.46. The Bertz CT molecular complexity index is 683. The van der Waals surface area contributed by atoms with Crippen LogP contribution in [0, 0.1) is 0 Å². The molecule has 5 nitrogen and oxygen atoms in total. The second kappa shape index (κ2) is 6.69. The highest BCUT2D eigenvalue weighted by atomic mass is 32.1. The van der Waals surface area contributed by atoms with Crippen LogP contribution in [0.2, 0.25) is 0 Å². The van der Waals surface area contributed by atoms with Gasteiger partial charge in [-0.25, -0.2) is 4.98 Å². The van der Waals surface area contributed by atoms with Gasteiger partial charge < -0.3 is 14.5 Å². The lowest BCUT2D eigenvalue weighted by Crippen LogP contribution is -2.49. The van der Waals surface area contributed by atoms with Gasteiger partial charge in [0.25, 0.3) is 5.91 Å². The van der Waals surface area contributed by atoms with Crippen molar-refractivity contribution in [2.24, 2.45) is 0 Å². The maximum absolute atomic E-state index is 12.7. The molecule has 0 unspecified atom stereocenters. The third-order valence-corrected chi connectivity index (χ3v) is 5.99. The average Bonchev–Trinajstić information content (AvgIpc) is 3.27. The highest BCUT2D eigenvalue weighted by molar-refractivity contribution is 7.13. The molecule has 2 fully saturated rings. The summed E-state index contributed by atoms with van der Waals surface area (Å²) in [6.45, 7) is 0.724. The van der Waals surface area contributed by atoms with E-state index in [1.807, 2.05) is 17.5 Å². The molecule has 2 aromatic rings. The lowest BCUT2D eigenvalue weighted by molar-refractivity contribution is -0.107. The highest BCUT2D eigenvalue weighted by Gasteiger charge is 2.39. The van der Waals surface area contributed by atoms with Crippen molar-refractivity contribution in [2.75, 3.05) is 6.61 Å². The number of carbonyl (C=O) groups is 1. The molecule has 6 heteroatoms. The molecule has 0 bridgehead atoms. The SMILES string of the molecule is O=C(N[C@H]1CCOC2(CCCCC2)C1)c1ncoc1-c1cccs1. The summed E-state index contributed by atoms with van der Waals surface area (Å²) >= 11 is 1.54. The number of rotatable bonds is 3. The monoisotopic (exact) mass is 346 g/mol. The van der Waals surface area contributed by atoms with Crippen LogP contribution in [0.4, 0.5) is 0 Å². The van der Waals surface area contributed by atoms with Crippen molar-refractivity contribution in [2.45, 2.75) is 56.6 Å². The molecule has 1 saturated heterocycles. The second-order valence-corrected chi connectivity index (χ2v) is 7.71. The molecule has 24 heavy (non-hydrogen) atoms. The number of hydrogen-bond donors (Lipinski definition) is 1. The van der Waals surface area contributed by atoms with E-state index in [4.69, 9.17) is 9.15 Å². The quantitative estimate of drug-likeness (QED) is 0.912. The van der Waals surface area contributed by atoms with Crippen LogP contribution in [0.25, 0.3) is 10.6 Å². The Labute approximate surface area is 145 Å². The molecule has 1 spiro atoms. The van der Waals surface area contributed by atoms with Crippen LogP contribution in [-0.2, 0) is 4.74 Å². The van der Waals surface area contributed by atoms with Crippen LogP contribution in [-0.4, -0.2) is 29.1 Å². The van der Waals surface area contributed by atoms with E-state index in [1.54, 1.807) is 11.3 Å². The van der Waals surface area contributed by atoms with Gasteiger partial charge >= 0.3 is 0 Å². The van der Waals surface area contributed by atoms with E-state index in [0.717, 1.165) is 37.2 Å². The van der Waals surface area contributed by atoms with Gasteiger partial charge in [0.05, 0.1) is 10.5 Å². The largest absolute Gasteiger partial charge is 0.442 e. The van der Waals surface area contributed by atoms with Gasteiger partial charge in [-0.05, 0) is 37.1 Å². The normalized spacial score (nSPS) is 23.2. The van der Waals surface area contributed by atoms with E-state index in [2.05, 4.69) is 10.3 Å². The number of aromatic nitrogens is 1. The van der Waals surface area contributed by atoms with Crippen LogP contribution < -0.4 is 5.32 Å². The fourth-order valence-electron chi connectivity index (χ4n) is 3.94. The number of carbonyl (C=O) groups excluding carboxylic acids is 1. The molecule has 0 aromatic carbocycles. The lowest BCUT2D eigenvalue weighted by atomic mass is 9.78. The summed E-state index contributed by atoms with van der Waals surface area (Å²) < 4.78 is 11.6. The molecule has 2 aromatic heterocycles. The van der Waals surface area contributed by atoms with Crippen LogP contribution in [0.3, 0.4) is 0 Å². The summed E-state index contributed by atoms with van der Waals surface area (Å²) in [7, 11) is 0. The van der Waals surface area contributed by atoms with E-state index in [-0.39, 0.29) is 17.6 Å². The first-order chi connectivity index (χ1) is 11.8. The third kappa shape index (κ3) is 3.13. The van der Waals surface area contributed by atoms with Crippen molar-refractivity contribution in [3.63, 3.8) is 0 Å². The first-order valence-corrected chi connectivity index (χ1v) is 9.56. The highest BCUT2D eigenvalue weighted by Crippen LogP contribution is 2.38. The van der Waals surface area contributed by atoms with E-state index in [0.29, 0.717) is 11.5 Å². The summed E-state index contributed by atoms with van der Waals surface area (Å²) in [5.41, 5.74) is 0.358. The topological polar surface area (TPSA) is 64.4 Å². The van der Waals surface area contributed by atoms with Gasteiger partial charge in [-0.3, -0.25) is 4.79 Å². The van der Waals surface area contributed by atoms with Crippen molar-refractivity contribution in [1.82, 2.24) is 10.3 Å². The van der Waals surface area contributed by atoms with Gasteiger partial charge in [0.2, 0.25) is 0 Å². The Morgan fingerprint density at radius 2 is 2.21 bits per heavy atom. The summed E-state index contributed by atoms with van der Waals surface area (Å²) in [6, 6.07) is 4.03. The van der Waals surface area contributed by atoms with E-state index in [1.165, 1.54) is 25.7 Å². The molecular formula is C18H22N2O3S. The summed E-state index contributed by atoms with van der Waals surface area (Å²) in [5.74, 6) is 0.409. The van der Waals surface area contributed by atoms with E-state index < -0.39 is 0 Å². The number of nitrogens with zero attached hydrogens (tertiary/aromatic N) is 1. The number of ether oxygens (including phenoxy) is 1. The van der Waals surface area contributed by atoms with Crippen molar-refractivity contribution >= 4 is 17.2 Å². The van der Waals surface area contributed by atoms with Crippen molar-refractivity contribution in [1.29, 1.82) is 0 Å². The predicted octanol–water partition coefficient (Wildman–Crippen LogP) is 4.01. The maximum atomic E-state index is 12.7. The van der Waals surface area contributed by atoms with Crippen LogP contribution in [0.15, 0.2) is 28.3 Å². The average molecular weight is 346 g/mol. The van der Waals surface area contributed by atoms with Crippen molar-refractivity contribution in [3.8, 4) is 10.6 Å². The zero-order chi connectivity index (χ0) is 16.4. The predicted molar refractivity (Wildman–Crippen MR) is 92.1 cm³/mol. The lowest BCUT2D eigenvalue weighted by Gasteiger charge is -2.43. The summed E-state index contributed by atoms with van der Waals surface area (Å²) in [5, 5.41) is 5.12. The Morgan fingerprint density at radius 3 is 3.00 bits per heavy atom. The second-order valence-electron chi connectivity index (χ2n) is 6.76. The van der Waals surface area contributed by atoms with Crippen LogP contribution in [0.1, 0.15) is 55.4 Å². The maximum Gasteiger partial charge on any atom is 0.274 e. The number of amides is 1. The number of hydrogen-bond acceptors (Lipinski definition) is 5. The molecule has 1 saturated carbocycles. The minimum absolute atomic E-state index is 0.0190. The molecule has 2 aliphatic rings. The molecule has 0 radical (unpaired) electrons. The molecule has 1 N–H and O–H groups in total. The fraction of sp³-hybridized carbons (Fsp3) is 0.556. The fourth-order valence-corrected chi connectivity index (χ4v) is 4.65. The Kier molecular flexibility index (Phi) is 4.41. The van der Waals surface area contributed by atoms with Gasteiger partial charge in [-0.15, -0.1) is 11.3 Å². The van der Waals surface area contributed by atoms with E-state index in [9.17, 15) is 4.79 Å². The Hall–Kier alpha value is -1.66. The van der Waals surface area contributed by atoms with Gasteiger partial charge in [0.1, 0.15) is 0 Å². The molecule has 1 atom stereocenters. The van der Waals surface area contributed by atoms with Crippen molar-refractivity contribution in [3.05, 3.63) is 29.6 Å². The van der Waals surface area contributed by atoms with Crippen LogP contribution >= 0.6 is 11.3 Å². The van der Waals surface area contributed by atoms with Gasteiger partial charge in [0.15, 0.2) is 17.8 Å². The first kappa shape index (κ1) is 15.8. The molecule has 128 valence electrons. The smallest absolute Gasteiger partial charge is 0.274 e. The number of nitrogens with one attached hydrogen (secondary N) is 1. The standard InChI is InChI=1S/C18H22N2O3S/c21-17(15-16(22-12-19-15)14-5-4-10-24-14)20-13-6-9-23-18(11-13)7-2-1-3-8-18/h4-5,10,12-13H,1-3,6-9,11H2,(H,20,21)/t13-/m0/s1. The van der Waals surface area contributed by atoms with Crippen molar-refractivity contribution < 1.29 is 13.9 Å². The summed E-state index contributed by atoms with van der Waals surface area (Å²) in [4.78, 5) is 17.8. The third-order valence-electron chi connectivity index (χ3n) is 5.12. The van der Waals surface area contributed by atoms with Gasteiger partial charge in [0, 0.05) is 12.6 Å². The molecule has 3 heterocycles. The van der Waals surface area contributed by atoms with Gasteiger partial charge in [-0.1, -0.05) is 25.3 Å².